The van der Waals surface area contributed by atoms with Crippen LogP contribution in [0.3, 0.4) is 0 Å². The third-order valence-electron chi connectivity index (χ3n) is 5.22. The molecule has 0 aliphatic carbocycles. The number of hydrogen-bond acceptors (Lipinski definition) is 4. The van der Waals surface area contributed by atoms with E-state index in [1.54, 1.807) is 0 Å². The van der Waals surface area contributed by atoms with E-state index in [2.05, 4.69) is 17.2 Å². The molecule has 2 heterocycles. The molecule has 0 atom stereocenters. The molecule has 0 spiro atoms. The number of amides is 1. The van der Waals surface area contributed by atoms with Gasteiger partial charge in [0.15, 0.2) is 5.03 Å². The predicted molar refractivity (Wildman–Crippen MR) is 109 cm³/mol. The molecule has 0 unspecified atom stereocenters. The average Bonchev–Trinajstić information content (AvgIpc) is 3.08. The number of carbonyl (C=O) groups excluding carboxylic acids is 1. The largest absolute Gasteiger partial charge is 0.327 e. The maximum absolute atomic E-state index is 12.8. The second-order valence-electron chi connectivity index (χ2n) is 7.79. The zero-order chi connectivity index (χ0) is 20.5. The van der Waals surface area contributed by atoms with Crippen molar-refractivity contribution >= 4 is 21.6 Å². The van der Waals surface area contributed by atoms with Gasteiger partial charge in [-0.25, -0.2) is 13.4 Å². The number of piperidine rings is 1. The Morgan fingerprint density at radius 3 is 2.39 bits per heavy atom. The minimum Gasteiger partial charge on any atom is -0.327 e. The zero-order valence-corrected chi connectivity index (χ0v) is 17.7. The van der Waals surface area contributed by atoms with Crippen LogP contribution < -0.4 is 5.32 Å². The van der Waals surface area contributed by atoms with E-state index in [4.69, 9.17) is 0 Å². The number of carbonyl (C=O) groups is 1. The molecule has 28 heavy (non-hydrogen) atoms. The first-order chi connectivity index (χ1) is 13.2. The number of anilines is 1. The van der Waals surface area contributed by atoms with Crippen LogP contribution in [0.1, 0.15) is 36.5 Å². The number of hydrogen-bond donors (Lipinski definition) is 1. The molecule has 0 bridgehead atoms. The lowest BCUT2D eigenvalue weighted by Crippen LogP contribution is -2.38. The van der Waals surface area contributed by atoms with Gasteiger partial charge in [-0.3, -0.25) is 4.79 Å². The van der Waals surface area contributed by atoms with Gasteiger partial charge in [0.1, 0.15) is 6.54 Å². The van der Waals surface area contributed by atoms with Crippen molar-refractivity contribution in [2.75, 3.05) is 18.4 Å². The highest BCUT2D eigenvalue weighted by Crippen LogP contribution is 2.23. The third kappa shape index (κ3) is 4.44. The molecule has 152 valence electrons. The second-order valence-corrected chi connectivity index (χ2v) is 9.68. The lowest BCUT2D eigenvalue weighted by atomic mass is 10.0. The summed E-state index contributed by atoms with van der Waals surface area (Å²) in [5, 5.41) is 2.92. The first-order valence-electron chi connectivity index (χ1n) is 9.56. The highest BCUT2D eigenvalue weighted by atomic mass is 32.2. The number of imidazole rings is 1. The van der Waals surface area contributed by atoms with E-state index in [1.807, 2.05) is 32.9 Å². The monoisotopic (exact) mass is 404 g/mol. The minimum absolute atomic E-state index is 0.00227. The Morgan fingerprint density at radius 2 is 1.79 bits per heavy atom. The van der Waals surface area contributed by atoms with E-state index in [1.165, 1.54) is 21.4 Å². The lowest BCUT2D eigenvalue weighted by Gasteiger charge is -2.28. The van der Waals surface area contributed by atoms with Gasteiger partial charge >= 0.3 is 0 Å². The Balaban J connectivity index is 1.68. The van der Waals surface area contributed by atoms with Crippen LogP contribution in [0.5, 0.6) is 0 Å². The van der Waals surface area contributed by atoms with Crippen LogP contribution in [0.4, 0.5) is 5.69 Å². The summed E-state index contributed by atoms with van der Waals surface area (Å²) in [5.74, 6) is 0.324. The highest BCUT2D eigenvalue weighted by Gasteiger charge is 2.29. The van der Waals surface area contributed by atoms with Crippen molar-refractivity contribution in [2.24, 2.45) is 5.92 Å². The van der Waals surface area contributed by atoms with Gasteiger partial charge in [-0.1, -0.05) is 24.6 Å². The van der Waals surface area contributed by atoms with E-state index in [9.17, 15) is 13.2 Å². The molecule has 1 aliphatic rings. The number of aromatic nitrogens is 2. The smallest absolute Gasteiger partial charge is 0.262 e. The summed E-state index contributed by atoms with van der Waals surface area (Å²) in [6.07, 6.45) is 4.55. The maximum Gasteiger partial charge on any atom is 0.262 e. The number of aryl methyl sites for hydroxylation is 3. The van der Waals surface area contributed by atoms with E-state index in [0.717, 1.165) is 35.2 Å². The van der Waals surface area contributed by atoms with Crippen LogP contribution in [0.15, 0.2) is 29.7 Å². The zero-order valence-electron chi connectivity index (χ0n) is 16.9. The summed E-state index contributed by atoms with van der Waals surface area (Å²) >= 11 is 0. The van der Waals surface area contributed by atoms with Gasteiger partial charge in [0.2, 0.25) is 5.91 Å². The molecular weight excluding hydrogens is 376 g/mol. The number of nitrogens with one attached hydrogen (secondary N) is 1. The first-order valence-corrected chi connectivity index (χ1v) is 11.0. The normalized spacial score (nSPS) is 16.3. The fourth-order valence-corrected chi connectivity index (χ4v) is 5.04. The Bertz CT molecular complexity index is 950. The lowest BCUT2D eigenvalue weighted by molar-refractivity contribution is -0.116. The SMILES string of the molecule is Cc1cc(C)c(NC(=O)Cn2cnc(S(=O)(=O)N3CCC(C)CC3)c2)c(C)c1. The van der Waals surface area contributed by atoms with Crippen LogP contribution >= 0.6 is 0 Å². The van der Waals surface area contributed by atoms with Crippen LogP contribution in [0.2, 0.25) is 0 Å². The van der Waals surface area contributed by atoms with Gasteiger partial charge in [-0.05, 0) is 50.7 Å². The molecular formula is C20H28N4O3S. The highest BCUT2D eigenvalue weighted by molar-refractivity contribution is 7.89. The van der Waals surface area contributed by atoms with Crippen molar-refractivity contribution in [1.29, 1.82) is 0 Å². The molecule has 2 aromatic rings. The number of benzene rings is 1. The molecule has 1 aromatic carbocycles. The molecule has 1 N–H and O–H groups in total. The Labute approximate surface area is 166 Å². The van der Waals surface area contributed by atoms with Gasteiger partial charge in [0, 0.05) is 25.0 Å². The second kappa shape index (κ2) is 8.05. The maximum atomic E-state index is 12.8. The van der Waals surface area contributed by atoms with Crippen molar-refractivity contribution < 1.29 is 13.2 Å². The Kier molecular flexibility index (Phi) is 5.90. The molecule has 0 radical (unpaired) electrons. The molecule has 1 saturated heterocycles. The summed E-state index contributed by atoms with van der Waals surface area (Å²) in [4.78, 5) is 16.5. The molecule has 3 rings (SSSR count). The number of nitrogens with zero attached hydrogens (tertiary/aromatic N) is 3. The Hall–Kier alpha value is -2.19. The molecule has 0 saturated carbocycles. The van der Waals surface area contributed by atoms with Crippen LogP contribution in [0, 0.1) is 26.7 Å². The topological polar surface area (TPSA) is 84.3 Å². The Morgan fingerprint density at radius 1 is 1.18 bits per heavy atom. The fourth-order valence-electron chi connectivity index (χ4n) is 3.64. The molecule has 7 nitrogen and oxygen atoms in total. The standard InChI is InChI=1S/C20H28N4O3S/c1-14-5-7-24(8-6-14)28(26,27)19-12-23(13-21-19)11-18(25)22-20-16(3)9-15(2)10-17(20)4/h9-10,12-14H,5-8,11H2,1-4H3,(H,22,25). The molecule has 8 heteroatoms. The third-order valence-corrected chi connectivity index (χ3v) is 7.01. The fraction of sp³-hybridized carbons (Fsp3) is 0.500. The van der Waals surface area contributed by atoms with Crippen molar-refractivity contribution in [3.8, 4) is 0 Å². The van der Waals surface area contributed by atoms with Gasteiger partial charge < -0.3 is 9.88 Å². The van der Waals surface area contributed by atoms with Crippen molar-refractivity contribution in [2.45, 2.75) is 52.1 Å². The average molecular weight is 405 g/mol. The first kappa shape index (κ1) is 20.5. The van der Waals surface area contributed by atoms with Crippen molar-refractivity contribution in [3.63, 3.8) is 0 Å². The summed E-state index contributed by atoms with van der Waals surface area (Å²) < 4.78 is 28.5. The van der Waals surface area contributed by atoms with E-state index in [-0.39, 0.29) is 17.5 Å². The van der Waals surface area contributed by atoms with Crippen molar-refractivity contribution in [3.05, 3.63) is 41.3 Å². The van der Waals surface area contributed by atoms with Gasteiger partial charge in [-0.15, -0.1) is 0 Å². The predicted octanol–water partition coefficient (Wildman–Crippen LogP) is 2.87. The van der Waals surface area contributed by atoms with Crippen molar-refractivity contribution in [1.82, 2.24) is 13.9 Å². The van der Waals surface area contributed by atoms with E-state index in [0.29, 0.717) is 19.0 Å². The number of sulfonamides is 1. The van der Waals surface area contributed by atoms with Gasteiger partial charge in [-0.2, -0.15) is 4.31 Å². The molecule has 1 aromatic heterocycles. The summed E-state index contributed by atoms with van der Waals surface area (Å²) in [5.41, 5.74) is 3.94. The minimum atomic E-state index is -3.61. The van der Waals surface area contributed by atoms with Gasteiger partial charge in [0.05, 0.1) is 6.33 Å². The summed E-state index contributed by atoms with van der Waals surface area (Å²) in [6.45, 7) is 9.10. The van der Waals surface area contributed by atoms with E-state index < -0.39 is 10.0 Å². The van der Waals surface area contributed by atoms with Crippen LogP contribution in [0.25, 0.3) is 0 Å². The summed E-state index contributed by atoms with van der Waals surface area (Å²) in [7, 11) is -3.61. The van der Waals surface area contributed by atoms with Crippen LogP contribution in [-0.4, -0.2) is 41.3 Å². The molecule has 1 fully saturated rings. The number of rotatable bonds is 5. The van der Waals surface area contributed by atoms with E-state index >= 15 is 0 Å². The molecule has 1 aliphatic heterocycles. The van der Waals surface area contributed by atoms with Crippen LogP contribution in [-0.2, 0) is 21.4 Å². The quantitative estimate of drug-likeness (QED) is 0.830. The summed E-state index contributed by atoms with van der Waals surface area (Å²) in [6, 6.07) is 4.04. The van der Waals surface area contributed by atoms with Gasteiger partial charge in [0.25, 0.3) is 10.0 Å². The molecule has 1 amide bonds.